The molecule has 0 aromatic carbocycles. The van der Waals surface area contributed by atoms with Gasteiger partial charge in [0.2, 0.25) is 0 Å². The highest BCUT2D eigenvalue weighted by Gasteiger charge is 2.39. The topological polar surface area (TPSA) is 26.0 Å². The van der Waals surface area contributed by atoms with Crippen molar-refractivity contribution in [3.05, 3.63) is 21.3 Å². The molecular weight excluding hydrogens is 226 g/mol. The zero-order chi connectivity index (χ0) is 11.1. The summed E-state index contributed by atoms with van der Waals surface area (Å²) in [5.41, 5.74) is 6.71. The van der Waals surface area contributed by atoms with E-state index in [1.807, 2.05) is 11.4 Å². The Bertz CT molecular complexity index is 345. The molecule has 15 heavy (non-hydrogen) atoms. The van der Waals surface area contributed by atoms with E-state index in [0.29, 0.717) is 11.3 Å². The predicted molar refractivity (Wildman–Crippen MR) is 67.4 cm³/mol. The third kappa shape index (κ3) is 2.08. The number of rotatable bonds is 2. The molecule has 1 nitrogen and oxygen atoms in total. The van der Waals surface area contributed by atoms with Crippen molar-refractivity contribution in [1.82, 2.24) is 0 Å². The number of hydrogen-bond donors (Lipinski definition) is 1. The molecule has 0 bridgehead atoms. The molecular formula is C12H18ClNS. The van der Waals surface area contributed by atoms with Crippen LogP contribution in [0.2, 0.25) is 5.02 Å². The van der Waals surface area contributed by atoms with Crippen LogP contribution in [0.5, 0.6) is 0 Å². The zero-order valence-electron chi connectivity index (χ0n) is 9.29. The number of halogens is 1. The van der Waals surface area contributed by atoms with Crippen molar-refractivity contribution in [2.24, 2.45) is 17.1 Å². The lowest BCUT2D eigenvalue weighted by atomic mass is 9.77. The van der Waals surface area contributed by atoms with Crippen LogP contribution in [0.3, 0.4) is 0 Å². The molecule has 1 aliphatic rings. The average molecular weight is 244 g/mol. The standard InChI is InChI=1S/C12H18ClNS/c1-12(2)6-3-4-8(12)10(14)11-9(13)5-7-15-11/h5,7-8,10H,3-4,6,14H2,1-2H3. The maximum atomic E-state index is 6.35. The van der Waals surface area contributed by atoms with Crippen LogP contribution in [0, 0.1) is 11.3 Å². The normalized spacial score (nSPS) is 26.8. The van der Waals surface area contributed by atoms with E-state index < -0.39 is 0 Å². The summed E-state index contributed by atoms with van der Waals surface area (Å²) in [6.45, 7) is 4.65. The highest BCUT2D eigenvalue weighted by molar-refractivity contribution is 7.10. The van der Waals surface area contributed by atoms with Crippen LogP contribution in [-0.4, -0.2) is 0 Å². The van der Waals surface area contributed by atoms with E-state index in [-0.39, 0.29) is 6.04 Å². The Hall–Kier alpha value is -0.0500. The highest BCUT2D eigenvalue weighted by atomic mass is 35.5. The lowest BCUT2D eigenvalue weighted by molar-refractivity contribution is 0.224. The number of nitrogens with two attached hydrogens (primary N) is 1. The molecule has 0 saturated heterocycles. The van der Waals surface area contributed by atoms with Crippen LogP contribution in [0.25, 0.3) is 0 Å². The summed E-state index contributed by atoms with van der Waals surface area (Å²) in [7, 11) is 0. The fourth-order valence-corrected chi connectivity index (χ4v) is 4.00. The van der Waals surface area contributed by atoms with Gasteiger partial charge in [0.15, 0.2) is 0 Å². The second-order valence-corrected chi connectivity index (χ2v) is 6.50. The van der Waals surface area contributed by atoms with Gasteiger partial charge in [0.05, 0.1) is 5.02 Å². The first kappa shape index (κ1) is 11.4. The van der Waals surface area contributed by atoms with Crippen molar-refractivity contribution in [1.29, 1.82) is 0 Å². The molecule has 84 valence electrons. The van der Waals surface area contributed by atoms with E-state index in [4.69, 9.17) is 17.3 Å². The maximum absolute atomic E-state index is 6.35. The van der Waals surface area contributed by atoms with Gasteiger partial charge in [0, 0.05) is 10.9 Å². The molecule has 1 aromatic heterocycles. The molecule has 1 aromatic rings. The van der Waals surface area contributed by atoms with Gasteiger partial charge < -0.3 is 5.73 Å². The van der Waals surface area contributed by atoms with Gasteiger partial charge in [-0.15, -0.1) is 11.3 Å². The minimum atomic E-state index is 0.120. The van der Waals surface area contributed by atoms with E-state index in [0.717, 1.165) is 9.90 Å². The lowest BCUT2D eigenvalue weighted by Crippen LogP contribution is -2.29. The SMILES string of the molecule is CC1(C)CCCC1C(N)c1sccc1Cl. The Kier molecular flexibility index (Phi) is 3.11. The second kappa shape index (κ2) is 4.08. The summed E-state index contributed by atoms with van der Waals surface area (Å²) in [4.78, 5) is 1.16. The number of hydrogen-bond acceptors (Lipinski definition) is 2. The van der Waals surface area contributed by atoms with Crippen LogP contribution in [0.4, 0.5) is 0 Å². The Balaban J connectivity index is 2.21. The maximum Gasteiger partial charge on any atom is 0.0561 e. The van der Waals surface area contributed by atoms with E-state index in [1.54, 1.807) is 11.3 Å². The first-order valence-corrected chi connectivity index (χ1v) is 6.76. The molecule has 2 N–H and O–H groups in total. The summed E-state index contributed by atoms with van der Waals surface area (Å²) in [6, 6.07) is 2.07. The molecule has 2 rings (SSSR count). The second-order valence-electron chi connectivity index (χ2n) is 5.15. The first-order valence-electron chi connectivity index (χ1n) is 5.51. The van der Waals surface area contributed by atoms with Gasteiger partial charge in [-0.2, -0.15) is 0 Å². The summed E-state index contributed by atoms with van der Waals surface area (Å²) < 4.78 is 0. The Morgan fingerprint density at radius 3 is 2.80 bits per heavy atom. The molecule has 0 radical (unpaired) electrons. The molecule has 1 fully saturated rings. The molecule has 0 amide bonds. The Labute approximate surface area is 101 Å². The molecule has 3 heteroatoms. The van der Waals surface area contributed by atoms with Gasteiger partial charge in [0.25, 0.3) is 0 Å². The molecule has 1 aliphatic carbocycles. The summed E-state index contributed by atoms with van der Waals surface area (Å²) in [6.07, 6.45) is 3.82. The molecule has 2 unspecified atom stereocenters. The van der Waals surface area contributed by atoms with Crippen molar-refractivity contribution in [3.8, 4) is 0 Å². The van der Waals surface area contributed by atoms with Crippen molar-refractivity contribution >= 4 is 22.9 Å². The highest BCUT2D eigenvalue weighted by Crippen LogP contribution is 2.49. The largest absolute Gasteiger partial charge is 0.323 e. The van der Waals surface area contributed by atoms with Crippen LogP contribution in [0.1, 0.15) is 44.0 Å². The van der Waals surface area contributed by atoms with E-state index in [9.17, 15) is 0 Å². The quantitative estimate of drug-likeness (QED) is 0.827. The minimum absolute atomic E-state index is 0.120. The monoisotopic (exact) mass is 243 g/mol. The van der Waals surface area contributed by atoms with Gasteiger partial charge in [-0.1, -0.05) is 31.9 Å². The molecule has 1 heterocycles. The third-order valence-corrected chi connectivity index (χ3v) is 5.18. The Morgan fingerprint density at radius 2 is 2.33 bits per heavy atom. The van der Waals surface area contributed by atoms with E-state index in [2.05, 4.69) is 13.8 Å². The minimum Gasteiger partial charge on any atom is -0.323 e. The predicted octanol–water partition coefficient (Wildman–Crippen LogP) is 4.23. The van der Waals surface area contributed by atoms with Crippen molar-refractivity contribution < 1.29 is 0 Å². The van der Waals surface area contributed by atoms with Gasteiger partial charge >= 0.3 is 0 Å². The molecule has 2 atom stereocenters. The zero-order valence-corrected chi connectivity index (χ0v) is 10.9. The molecule has 0 spiro atoms. The summed E-state index contributed by atoms with van der Waals surface area (Å²) in [5.74, 6) is 0.577. The molecule has 0 aliphatic heterocycles. The van der Waals surface area contributed by atoms with Gasteiger partial charge in [0.1, 0.15) is 0 Å². The summed E-state index contributed by atoms with van der Waals surface area (Å²) in [5, 5.41) is 2.87. The fraction of sp³-hybridized carbons (Fsp3) is 0.667. The van der Waals surface area contributed by atoms with Gasteiger partial charge in [-0.3, -0.25) is 0 Å². The van der Waals surface area contributed by atoms with Crippen LogP contribution in [0.15, 0.2) is 11.4 Å². The lowest BCUT2D eigenvalue weighted by Gasteiger charge is -2.31. The average Bonchev–Trinajstić information content (AvgIpc) is 2.70. The van der Waals surface area contributed by atoms with E-state index in [1.165, 1.54) is 19.3 Å². The Morgan fingerprint density at radius 1 is 1.60 bits per heavy atom. The first-order chi connectivity index (χ1) is 7.02. The smallest absolute Gasteiger partial charge is 0.0561 e. The van der Waals surface area contributed by atoms with Crippen molar-refractivity contribution in [2.45, 2.75) is 39.2 Å². The summed E-state index contributed by atoms with van der Waals surface area (Å²) >= 11 is 7.82. The van der Waals surface area contributed by atoms with E-state index >= 15 is 0 Å². The van der Waals surface area contributed by atoms with Gasteiger partial charge in [-0.25, -0.2) is 0 Å². The van der Waals surface area contributed by atoms with Crippen molar-refractivity contribution in [2.75, 3.05) is 0 Å². The fourth-order valence-electron chi connectivity index (χ4n) is 2.75. The van der Waals surface area contributed by atoms with Gasteiger partial charge in [-0.05, 0) is 35.6 Å². The van der Waals surface area contributed by atoms with Crippen LogP contribution < -0.4 is 5.73 Å². The van der Waals surface area contributed by atoms with Crippen LogP contribution in [-0.2, 0) is 0 Å². The molecule has 1 saturated carbocycles. The third-order valence-electron chi connectivity index (χ3n) is 3.72. The van der Waals surface area contributed by atoms with Crippen LogP contribution >= 0.6 is 22.9 Å². The van der Waals surface area contributed by atoms with Crippen molar-refractivity contribution in [3.63, 3.8) is 0 Å². The number of thiophene rings is 1.